The zero-order valence-corrected chi connectivity index (χ0v) is 8.95. The molecule has 0 aromatic carbocycles. The van der Waals surface area contributed by atoms with Crippen LogP contribution >= 0.6 is 0 Å². The number of carbonyl (C=O) groups excluding carboxylic acids is 2. The van der Waals surface area contributed by atoms with Crippen LogP contribution < -0.4 is 0 Å². The zero-order valence-electron chi connectivity index (χ0n) is 8.95. The predicted molar refractivity (Wildman–Crippen MR) is 51.5 cm³/mol. The molecule has 1 saturated heterocycles. The fourth-order valence-electron chi connectivity index (χ4n) is 1.72. The first-order chi connectivity index (χ1) is 6.56. The van der Waals surface area contributed by atoms with E-state index in [2.05, 4.69) is 18.6 Å². The summed E-state index contributed by atoms with van der Waals surface area (Å²) in [6.07, 6.45) is 0.595. The lowest BCUT2D eigenvalue weighted by atomic mass is 10.1. The lowest BCUT2D eigenvalue weighted by molar-refractivity contribution is -0.150. The van der Waals surface area contributed by atoms with Crippen LogP contribution in [-0.2, 0) is 14.3 Å². The second-order valence-corrected chi connectivity index (χ2v) is 4.04. The van der Waals surface area contributed by atoms with Gasteiger partial charge in [0.05, 0.1) is 7.11 Å². The van der Waals surface area contributed by atoms with E-state index in [1.807, 2.05) is 0 Å². The molecule has 1 aliphatic rings. The average molecular weight is 199 g/mol. The van der Waals surface area contributed by atoms with E-state index < -0.39 is 11.9 Å². The highest BCUT2D eigenvalue weighted by atomic mass is 16.5. The van der Waals surface area contributed by atoms with Crippen molar-refractivity contribution in [2.75, 3.05) is 20.2 Å². The van der Waals surface area contributed by atoms with Crippen LogP contribution in [-0.4, -0.2) is 37.0 Å². The second kappa shape index (κ2) is 4.44. The van der Waals surface area contributed by atoms with E-state index in [-0.39, 0.29) is 5.91 Å². The van der Waals surface area contributed by atoms with Gasteiger partial charge in [0.25, 0.3) is 0 Å². The van der Waals surface area contributed by atoms with Gasteiger partial charge in [0.15, 0.2) is 0 Å². The Balaban J connectivity index is 2.55. The largest absolute Gasteiger partial charge is 0.468 e. The van der Waals surface area contributed by atoms with Crippen molar-refractivity contribution in [2.45, 2.75) is 20.3 Å². The highest BCUT2D eigenvalue weighted by Crippen LogP contribution is 2.20. The van der Waals surface area contributed by atoms with Crippen molar-refractivity contribution in [1.29, 1.82) is 0 Å². The van der Waals surface area contributed by atoms with Crippen LogP contribution in [0.5, 0.6) is 0 Å². The number of hydrogen-bond donors (Lipinski definition) is 0. The molecule has 1 rings (SSSR count). The van der Waals surface area contributed by atoms with Crippen LogP contribution in [0.3, 0.4) is 0 Å². The van der Waals surface area contributed by atoms with Gasteiger partial charge in [-0.1, -0.05) is 13.8 Å². The Kier molecular flexibility index (Phi) is 3.49. The summed E-state index contributed by atoms with van der Waals surface area (Å²) in [5, 5.41) is 0. The number of rotatable bonds is 3. The molecule has 1 fully saturated rings. The van der Waals surface area contributed by atoms with Crippen LogP contribution in [0, 0.1) is 11.8 Å². The monoisotopic (exact) mass is 199 g/mol. The van der Waals surface area contributed by atoms with E-state index >= 15 is 0 Å². The quantitative estimate of drug-likeness (QED) is 0.495. The van der Waals surface area contributed by atoms with Gasteiger partial charge in [-0.25, -0.2) is 0 Å². The maximum absolute atomic E-state index is 11.7. The van der Waals surface area contributed by atoms with Gasteiger partial charge in [-0.15, -0.1) is 0 Å². The van der Waals surface area contributed by atoms with Gasteiger partial charge in [0.2, 0.25) is 5.91 Å². The lowest BCUT2D eigenvalue weighted by Crippen LogP contribution is -2.33. The SMILES string of the molecule is COC(=O)[C@H]1CCN(CC(C)C)C1=O. The third-order valence-corrected chi connectivity index (χ3v) is 2.37. The minimum absolute atomic E-state index is 0.0782. The van der Waals surface area contributed by atoms with Gasteiger partial charge >= 0.3 is 5.97 Å². The lowest BCUT2D eigenvalue weighted by Gasteiger charge is -2.18. The van der Waals surface area contributed by atoms with E-state index in [1.54, 1.807) is 4.90 Å². The summed E-state index contributed by atoms with van der Waals surface area (Å²) < 4.78 is 4.57. The Bertz CT molecular complexity index is 238. The maximum atomic E-state index is 11.7. The molecule has 0 unspecified atom stereocenters. The van der Waals surface area contributed by atoms with E-state index in [9.17, 15) is 9.59 Å². The minimum atomic E-state index is -0.557. The van der Waals surface area contributed by atoms with Gasteiger partial charge in [-0.05, 0) is 12.3 Å². The smallest absolute Gasteiger partial charge is 0.318 e. The van der Waals surface area contributed by atoms with Gasteiger partial charge in [0, 0.05) is 13.1 Å². The Morgan fingerprint density at radius 3 is 2.79 bits per heavy atom. The molecule has 0 radical (unpaired) electrons. The number of esters is 1. The molecule has 14 heavy (non-hydrogen) atoms. The summed E-state index contributed by atoms with van der Waals surface area (Å²) in [6, 6.07) is 0. The number of amides is 1. The Morgan fingerprint density at radius 2 is 2.29 bits per heavy atom. The van der Waals surface area contributed by atoms with Crippen molar-refractivity contribution in [3.05, 3.63) is 0 Å². The molecule has 4 nitrogen and oxygen atoms in total. The van der Waals surface area contributed by atoms with Gasteiger partial charge in [-0.3, -0.25) is 9.59 Å². The highest BCUT2D eigenvalue weighted by molar-refractivity contribution is 5.99. The number of nitrogens with zero attached hydrogens (tertiary/aromatic N) is 1. The molecule has 0 saturated carbocycles. The first-order valence-corrected chi connectivity index (χ1v) is 4.93. The molecular weight excluding hydrogens is 182 g/mol. The van der Waals surface area contributed by atoms with E-state index in [1.165, 1.54) is 7.11 Å². The zero-order chi connectivity index (χ0) is 10.7. The highest BCUT2D eigenvalue weighted by Gasteiger charge is 2.37. The molecular formula is C10H17NO3. The summed E-state index contributed by atoms with van der Waals surface area (Å²) in [5.41, 5.74) is 0. The molecule has 0 spiro atoms. The number of hydrogen-bond acceptors (Lipinski definition) is 3. The standard InChI is InChI=1S/C10H17NO3/c1-7(2)6-11-5-4-8(9(11)12)10(13)14-3/h7-8H,4-6H2,1-3H3/t8-/m0/s1. The molecule has 0 N–H and O–H groups in total. The van der Waals surface area contributed by atoms with Crippen LogP contribution in [0.1, 0.15) is 20.3 Å². The number of carbonyl (C=O) groups is 2. The first kappa shape index (κ1) is 11.0. The molecule has 80 valence electrons. The van der Waals surface area contributed by atoms with E-state index in [0.29, 0.717) is 18.9 Å². The molecule has 1 atom stereocenters. The van der Waals surface area contributed by atoms with Crippen molar-refractivity contribution >= 4 is 11.9 Å². The van der Waals surface area contributed by atoms with Crippen molar-refractivity contribution in [2.24, 2.45) is 11.8 Å². The molecule has 1 aliphatic heterocycles. The fourth-order valence-corrected chi connectivity index (χ4v) is 1.72. The van der Waals surface area contributed by atoms with Gasteiger partial charge in [-0.2, -0.15) is 0 Å². The Labute approximate surface area is 84.2 Å². The summed E-state index contributed by atoms with van der Waals surface area (Å²) in [4.78, 5) is 24.6. The van der Waals surface area contributed by atoms with Crippen molar-refractivity contribution in [3.63, 3.8) is 0 Å². The minimum Gasteiger partial charge on any atom is -0.468 e. The third kappa shape index (κ3) is 2.25. The van der Waals surface area contributed by atoms with Gasteiger partial charge in [0.1, 0.15) is 5.92 Å². The molecule has 0 bridgehead atoms. The predicted octanol–water partition coefficient (Wildman–Crippen LogP) is 0.664. The third-order valence-electron chi connectivity index (χ3n) is 2.37. The summed E-state index contributed by atoms with van der Waals surface area (Å²) in [5.74, 6) is -0.596. The van der Waals surface area contributed by atoms with Crippen LogP contribution in [0.25, 0.3) is 0 Å². The second-order valence-electron chi connectivity index (χ2n) is 4.04. The summed E-state index contributed by atoms with van der Waals surface area (Å²) in [7, 11) is 1.32. The molecule has 0 aromatic rings. The Hall–Kier alpha value is -1.06. The van der Waals surface area contributed by atoms with Crippen molar-refractivity contribution < 1.29 is 14.3 Å². The first-order valence-electron chi connectivity index (χ1n) is 4.93. The van der Waals surface area contributed by atoms with Gasteiger partial charge < -0.3 is 9.64 Å². The van der Waals surface area contributed by atoms with E-state index in [4.69, 9.17) is 0 Å². The number of methoxy groups -OCH3 is 1. The Morgan fingerprint density at radius 1 is 1.64 bits per heavy atom. The molecule has 1 amide bonds. The van der Waals surface area contributed by atoms with E-state index in [0.717, 1.165) is 6.54 Å². The molecule has 4 heteroatoms. The van der Waals surface area contributed by atoms with Crippen LogP contribution in [0.2, 0.25) is 0 Å². The van der Waals surface area contributed by atoms with Crippen LogP contribution in [0.4, 0.5) is 0 Å². The summed E-state index contributed by atoms with van der Waals surface area (Å²) in [6.45, 7) is 5.51. The maximum Gasteiger partial charge on any atom is 0.318 e. The van der Waals surface area contributed by atoms with Crippen molar-refractivity contribution in [1.82, 2.24) is 4.90 Å². The number of likely N-dealkylation sites (tertiary alicyclic amines) is 1. The van der Waals surface area contributed by atoms with Crippen molar-refractivity contribution in [3.8, 4) is 0 Å². The average Bonchev–Trinajstić information content (AvgIpc) is 2.46. The normalized spacial score (nSPS) is 21.9. The number of ether oxygens (including phenoxy) is 1. The molecule has 0 aromatic heterocycles. The fraction of sp³-hybridized carbons (Fsp3) is 0.800. The topological polar surface area (TPSA) is 46.6 Å². The molecule has 1 heterocycles. The van der Waals surface area contributed by atoms with Crippen LogP contribution in [0.15, 0.2) is 0 Å². The summed E-state index contributed by atoms with van der Waals surface area (Å²) >= 11 is 0. The molecule has 0 aliphatic carbocycles.